The van der Waals surface area contributed by atoms with Gasteiger partial charge in [-0.1, -0.05) is 12.1 Å². The normalized spacial score (nSPS) is 8.90. The van der Waals surface area contributed by atoms with E-state index in [1.807, 2.05) is 0 Å². The van der Waals surface area contributed by atoms with Crippen molar-refractivity contribution in [3.63, 3.8) is 0 Å². The summed E-state index contributed by atoms with van der Waals surface area (Å²) in [6.45, 7) is 0. The van der Waals surface area contributed by atoms with E-state index < -0.39 is 0 Å². The van der Waals surface area contributed by atoms with Crippen molar-refractivity contribution in [3.05, 3.63) is 36.9 Å². The van der Waals surface area contributed by atoms with E-state index in [1.165, 1.54) is 0 Å². The molecule has 0 aliphatic rings. The molecule has 0 aliphatic carbocycles. The van der Waals surface area contributed by atoms with Gasteiger partial charge in [-0.15, -0.1) is 0 Å². The summed E-state index contributed by atoms with van der Waals surface area (Å²) < 4.78 is 4.65. The minimum absolute atomic E-state index is 0.512. The maximum absolute atomic E-state index is 10.3. The molecule has 0 N–H and O–H groups in total. The van der Waals surface area contributed by atoms with Crippen molar-refractivity contribution in [1.82, 2.24) is 0 Å². The number of ether oxygens (including phenoxy) is 1. The van der Waals surface area contributed by atoms with Crippen LogP contribution in [0.25, 0.3) is 0 Å². The fourth-order valence-electron chi connectivity index (χ4n) is 0.709. The SMILES string of the molecule is [CH2]Oc1ccccc1C=O. The Labute approximate surface area is 59.4 Å². The number of aldehydes is 1. The van der Waals surface area contributed by atoms with Crippen molar-refractivity contribution < 1.29 is 9.53 Å². The lowest BCUT2D eigenvalue weighted by molar-refractivity contribution is 0.112. The molecule has 0 spiro atoms. The molecule has 2 heteroatoms. The summed E-state index contributed by atoms with van der Waals surface area (Å²) in [5, 5.41) is 0. The van der Waals surface area contributed by atoms with Crippen molar-refractivity contribution in [1.29, 1.82) is 0 Å². The van der Waals surface area contributed by atoms with E-state index in [0.717, 1.165) is 6.29 Å². The zero-order valence-corrected chi connectivity index (χ0v) is 5.41. The van der Waals surface area contributed by atoms with E-state index in [0.29, 0.717) is 11.3 Å². The third-order valence-corrected chi connectivity index (χ3v) is 1.20. The number of benzene rings is 1. The van der Waals surface area contributed by atoms with E-state index in [9.17, 15) is 4.79 Å². The standard InChI is InChI=1S/C8H7O2/c1-10-8-5-3-2-4-7(8)6-9/h2-6H,1H2. The highest BCUT2D eigenvalue weighted by molar-refractivity contribution is 5.79. The van der Waals surface area contributed by atoms with Crippen molar-refractivity contribution in [3.8, 4) is 5.75 Å². The van der Waals surface area contributed by atoms with E-state index in [1.54, 1.807) is 24.3 Å². The lowest BCUT2D eigenvalue weighted by Gasteiger charge is -1.99. The highest BCUT2D eigenvalue weighted by atomic mass is 16.5. The number of rotatable bonds is 2. The van der Waals surface area contributed by atoms with Gasteiger partial charge in [-0.2, -0.15) is 0 Å². The summed E-state index contributed by atoms with van der Waals surface area (Å²) in [6, 6.07) is 6.92. The molecule has 0 atom stereocenters. The van der Waals surface area contributed by atoms with Gasteiger partial charge in [-0.25, -0.2) is 0 Å². The van der Waals surface area contributed by atoms with Crippen molar-refractivity contribution in [2.24, 2.45) is 0 Å². The second-order valence-corrected chi connectivity index (χ2v) is 1.80. The van der Waals surface area contributed by atoms with Crippen LogP contribution in [0.2, 0.25) is 0 Å². The monoisotopic (exact) mass is 135 g/mol. The zero-order valence-electron chi connectivity index (χ0n) is 5.41. The molecular formula is C8H7O2. The summed E-state index contributed by atoms with van der Waals surface area (Å²) in [5.41, 5.74) is 0.525. The zero-order chi connectivity index (χ0) is 7.40. The van der Waals surface area contributed by atoms with Gasteiger partial charge in [0.25, 0.3) is 0 Å². The molecule has 10 heavy (non-hydrogen) atoms. The van der Waals surface area contributed by atoms with Crippen LogP contribution in [0.15, 0.2) is 24.3 Å². The van der Waals surface area contributed by atoms with Crippen LogP contribution < -0.4 is 4.74 Å². The van der Waals surface area contributed by atoms with Gasteiger partial charge in [-0.3, -0.25) is 4.79 Å². The quantitative estimate of drug-likeness (QED) is 0.576. The number of hydrogen-bond acceptors (Lipinski definition) is 2. The molecule has 0 saturated carbocycles. The third kappa shape index (κ3) is 1.16. The fourth-order valence-corrected chi connectivity index (χ4v) is 0.709. The predicted octanol–water partition coefficient (Wildman–Crippen LogP) is 1.67. The second kappa shape index (κ2) is 3.01. The van der Waals surface area contributed by atoms with Crippen LogP contribution in [0.5, 0.6) is 5.75 Å². The summed E-state index contributed by atoms with van der Waals surface area (Å²) in [5.74, 6) is 0.512. The first kappa shape index (κ1) is 6.81. The van der Waals surface area contributed by atoms with Crippen LogP contribution >= 0.6 is 0 Å². The maximum Gasteiger partial charge on any atom is 0.153 e. The smallest absolute Gasteiger partial charge is 0.153 e. The molecule has 0 aliphatic heterocycles. The van der Waals surface area contributed by atoms with E-state index in [-0.39, 0.29) is 0 Å². The lowest BCUT2D eigenvalue weighted by Crippen LogP contribution is -1.85. The summed E-state index contributed by atoms with van der Waals surface area (Å²) >= 11 is 0. The Bertz CT molecular complexity index is 230. The molecule has 0 saturated heterocycles. The van der Waals surface area contributed by atoms with Gasteiger partial charge in [-0.05, 0) is 12.1 Å². The van der Waals surface area contributed by atoms with E-state index in [4.69, 9.17) is 0 Å². The highest BCUT2D eigenvalue weighted by Crippen LogP contribution is 2.14. The minimum Gasteiger partial charge on any atom is -0.489 e. The molecule has 0 fully saturated rings. The molecule has 0 amide bonds. The fraction of sp³-hybridized carbons (Fsp3) is 0. The second-order valence-electron chi connectivity index (χ2n) is 1.80. The average molecular weight is 135 g/mol. The van der Waals surface area contributed by atoms with Gasteiger partial charge >= 0.3 is 0 Å². The Hall–Kier alpha value is -1.31. The molecule has 0 unspecified atom stereocenters. The molecule has 0 aromatic heterocycles. The van der Waals surface area contributed by atoms with Crippen LogP contribution in [0.3, 0.4) is 0 Å². The number of hydrogen-bond donors (Lipinski definition) is 0. The molecule has 1 rings (SSSR count). The molecule has 0 heterocycles. The van der Waals surface area contributed by atoms with Crippen molar-refractivity contribution in [2.75, 3.05) is 0 Å². The van der Waals surface area contributed by atoms with Gasteiger partial charge in [0.2, 0.25) is 0 Å². The van der Waals surface area contributed by atoms with Crippen molar-refractivity contribution in [2.45, 2.75) is 0 Å². The van der Waals surface area contributed by atoms with E-state index in [2.05, 4.69) is 11.8 Å². The summed E-state index contributed by atoms with van der Waals surface area (Å²) in [4.78, 5) is 10.3. The molecule has 51 valence electrons. The average Bonchev–Trinajstić information content (AvgIpc) is 2.04. The Morgan fingerprint density at radius 1 is 1.40 bits per heavy atom. The molecule has 1 aromatic carbocycles. The van der Waals surface area contributed by atoms with Gasteiger partial charge in [0.15, 0.2) is 6.29 Å². The van der Waals surface area contributed by atoms with Crippen LogP contribution in [0, 0.1) is 7.11 Å². The number of carbonyl (C=O) groups excluding carboxylic acids is 1. The molecular weight excluding hydrogens is 128 g/mol. The van der Waals surface area contributed by atoms with Gasteiger partial charge in [0, 0.05) is 0 Å². The minimum atomic E-state index is 0.512. The first-order valence-corrected chi connectivity index (χ1v) is 2.84. The molecule has 0 bridgehead atoms. The Morgan fingerprint density at radius 3 is 2.60 bits per heavy atom. The van der Waals surface area contributed by atoms with Gasteiger partial charge < -0.3 is 4.74 Å². The van der Waals surface area contributed by atoms with Gasteiger partial charge in [0.1, 0.15) is 12.9 Å². The summed E-state index contributed by atoms with van der Waals surface area (Å²) in [7, 11) is 3.21. The van der Waals surface area contributed by atoms with Gasteiger partial charge in [0.05, 0.1) is 5.56 Å². The number of para-hydroxylation sites is 1. The Balaban J connectivity index is 3.08. The summed E-state index contributed by atoms with van der Waals surface area (Å²) in [6.07, 6.45) is 0.737. The van der Waals surface area contributed by atoms with Crippen molar-refractivity contribution >= 4 is 6.29 Å². The van der Waals surface area contributed by atoms with E-state index >= 15 is 0 Å². The Kier molecular flexibility index (Phi) is 2.05. The topological polar surface area (TPSA) is 26.3 Å². The number of carbonyl (C=O) groups is 1. The predicted molar refractivity (Wildman–Crippen MR) is 37.8 cm³/mol. The first-order valence-electron chi connectivity index (χ1n) is 2.84. The third-order valence-electron chi connectivity index (χ3n) is 1.20. The maximum atomic E-state index is 10.3. The van der Waals surface area contributed by atoms with Crippen LogP contribution in [-0.2, 0) is 0 Å². The molecule has 2 nitrogen and oxygen atoms in total. The highest BCUT2D eigenvalue weighted by Gasteiger charge is 1.96. The molecule has 1 aromatic rings. The largest absolute Gasteiger partial charge is 0.489 e. The Morgan fingerprint density at radius 2 is 2.10 bits per heavy atom. The van der Waals surface area contributed by atoms with Crippen LogP contribution in [0.1, 0.15) is 10.4 Å². The first-order chi connectivity index (χ1) is 4.88. The van der Waals surface area contributed by atoms with Crippen LogP contribution in [-0.4, -0.2) is 6.29 Å². The van der Waals surface area contributed by atoms with Crippen LogP contribution in [0.4, 0.5) is 0 Å². The lowest BCUT2D eigenvalue weighted by atomic mass is 10.2. The molecule has 1 radical (unpaired) electrons.